The van der Waals surface area contributed by atoms with Gasteiger partial charge in [0.1, 0.15) is 5.54 Å². The molecule has 0 aromatic carbocycles. The maximum absolute atomic E-state index is 11.7. The number of carbonyl (C=O) groups is 1. The van der Waals surface area contributed by atoms with Crippen LogP contribution in [0.5, 0.6) is 0 Å². The molecule has 1 aliphatic rings. The number of esters is 1. The fourth-order valence-electron chi connectivity index (χ4n) is 1.78. The van der Waals surface area contributed by atoms with Crippen LogP contribution in [-0.4, -0.2) is 24.2 Å². The van der Waals surface area contributed by atoms with Crippen molar-refractivity contribution in [1.29, 1.82) is 0 Å². The van der Waals surface area contributed by atoms with E-state index in [2.05, 4.69) is 19.2 Å². The topological polar surface area (TPSA) is 38.3 Å². The van der Waals surface area contributed by atoms with Crippen LogP contribution < -0.4 is 5.32 Å². The Labute approximate surface area is 86.2 Å². The highest BCUT2D eigenvalue weighted by molar-refractivity contribution is 5.82. The summed E-state index contributed by atoms with van der Waals surface area (Å²) >= 11 is 0. The largest absolute Gasteiger partial charge is 0.465 e. The second-order valence-corrected chi connectivity index (χ2v) is 4.11. The van der Waals surface area contributed by atoms with Gasteiger partial charge in [-0.25, -0.2) is 0 Å². The van der Waals surface area contributed by atoms with Gasteiger partial charge in [-0.3, -0.25) is 10.1 Å². The first-order valence-electron chi connectivity index (χ1n) is 5.59. The van der Waals surface area contributed by atoms with E-state index in [1.165, 1.54) is 0 Å². The third kappa shape index (κ3) is 2.27. The summed E-state index contributed by atoms with van der Waals surface area (Å²) < 4.78 is 5.09. The maximum Gasteiger partial charge on any atom is 0.326 e. The second-order valence-electron chi connectivity index (χ2n) is 4.11. The van der Waals surface area contributed by atoms with Crippen LogP contribution >= 0.6 is 0 Å². The van der Waals surface area contributed by atoms with Crippen molar-refractivity contribution in [1.82, 2.24) is 5.32 Å². The molecule has 0 bridgehead atoms. The lowest BCUT2D eigenvalue weighted by molar-refractivity contribution is -0.155. The van der Waals surface area contributed by atoms with Gasteiger partial charge in [-0.05, 0) is 39.5 Å². The summed E-state index contributed by atoms with van der Waals surface area (Å²) in [6, 6.07) is 0.389. The van der Waals surface area contributed by atoms with Crippen molar-refractivity contribution in [2.45, 2.75) is 58.0 Å². The minimum absolute atomic E-state index is 0.0634. The molecule has 3 heteroatoms. The lowest BCUT2D eigenvalue weighted by Crippen LogP contribution is -2.60. The van der Waals surface area contributed by atoms with Crippen LogP contribution in [0, 0.1) is 0 Å². The molecular formula is C11H21NO2. The van der Waals surface area contributed by atoms with E-state index in [0.717, 1.165) is 25.7 Å². The molecule has 1 aliphatic carbocycles. The molecule has 1 saturated carbocycles. The van der Waals surface area contributed by atoms with Crippen molar-refractivity contribution in [2.24, 2.45) is 0 Å². The number of ether oxygens (including phenoxy) is 1. The summed E-state index contributed by atoms with van der Waals surface area (Å²) in [5.74, 6) is -0.0634. The van der Waals surface area contributed by atoms with Gasteiger partial charge in [0.15, 0.2) is 0 Å². The van der Waals surface area contributed by atoms with Gasteiger partial charge in [-0.2, -0.15) is 0 Å². The molecule has 1 rings (SSSR count). The number of carbonyl (C=O) groups excluding carboxylic acids is 1. The molecule has 1 atom stereocenters. The third-order valence-electron chi connectivity index (χ3n) is 3.01. The highest BCUT2D eigenvalue weighted by Crippen LogP contribution is 2.33. The van der Waals surface area contributed by atoms with E-state index in [4.69, 9.17) is 4.74 Å². The average molecular weight is 199 g/mol. The van der Waals surface area contributed by atoms with Crippen LogP contribution in [-0.2, 0) is 9.53 Å². The summed E-state index contributed by atoms with van der Waals surface area (Å²) in [4.78, 5) is 11.7. The monoisotopic (exact) mass is 199 g/mol. The van der Waals surface area contributed by atoms with E-state index in [1.54, 1.807) is 0 Å². The quantitative estimate of drug-likeness (QED) is 0.687. The molecule has 0 aromatic heterocycles. The first-order valence-corrected chi connectivity index (χ1v) is 5.59. The molecule has 0 radical (unpaired) electrons. The summed E-state index contributed by atoms with van der Waals surface area (Å²) in [5, 5.41) is 3.39. The Kier molecular flexibility index (Phi) is 3.93. The predicted octanol–water partition coefficient (Wildman–Crippen LogP) is 1.86. The molecule has 1 N–H and O–H groups in total. The minimum atomic E-state index is -0.356. The maximum atomic E-state index is 11.7. The average Bonchev–Trinajstić information content (AvgIpc) is 2.11. The van der Waals surface area contributed by atoms with E-state index in [0.29, 0.717) is 12.6 Å². The summed E-state index contributed by atoms with van der Waals surface area (Å²) in [7, 11) is 0. The number of hydrogen-bond acceptors (Lipinski definition) is 3. The molecule has 3 nitrogen and oxygen atoms in total. The molecule has 1 unspecified atom stereocenters. The van der Waals surface area contributed by atoms with E-state index < -0.39 is 0 Å². The van der Waals surface area contributed by atoms with E-state index >= 15 is 0 Å². The normalized spacial score (nSPS) is 21.1. The predicted molar refractivity (Wildman–Crippen MR) is 56.1 cm³/mol. The zero-order valence-corrected chi connectivity index (χ0v) is 9.43. The lowest BCUT2D eigenvalue weighted by atomic mass is 9.76. The van der Waals surface area contributed by atoms with Gasteiger partial charge >= 0.3 is 5.97 Å². The summed E-state index contributed by atoms with van der Waals surface area (Å²) in [6.07, 6.45) is 4.02. The molecule has 0 heterocycles. The first-order chi connectivity index (χ1) is 6.64. The summed E-state index contributed by atoms with van der Waals surface area (Å²) in [5.41, 5.74) is -0.356. The first kappa shape index (κ1) is 11.5. The third-order valence-corrected chi connectivity index (χ3v) is 3.01. The highest BCUT2D eigenvalue weighted by Gasteiger charge is 2.45. The highest BCUT2D eigenvalue weighted by atomic mass is 16.5. The van der Waals surface area contributed by atoms with Gasteiger partial charge < -0.3 is 4.74 Å². The van der Waals surface area contributed by atoms with E-state index in [9.17, 15) is 4.79 Å². The van der Waals surface area contributed by atoms with Crippen LogP contribution in [0.1, 0.15) is 46.5 Å². The van der Waals surface area contributed by atoms with E-state index in [-0.39, 0.29) is 11.5 Å². The van der Waals surface area contributed by atoms with Crippen LogP contribution in [0.4, 0.5) is 0 Å². The van der Waals surface area contributed by atoms with Crippen LogP contribution in [0.2, 0.25) is 0 Å². The van der Waals surface area contributed by atoms with Crippen molar-refractivity contribution in [3.8, 4) is 0 Å². The Morgan fingerprint density at radius 2 is 2.14 bits per heavy atom. The van der Waals surface area contributed by atoms with Crippen LogP contribution in [0.3, 0.4) is 0 Å². The standard InChI is InChI=1S/C11H21NO2/c1-4-9(3)12-11(7-6-8-11)10(13)14-5-2/h9,12H,4-8H2,1-3H3. The van der Waals surface area contributed by atoms with Crippen molar-refractivity contribution < 1.29 is 9.53 Å². The Hall–Kier alpha value is -0.570. The second kappa shape index (κ2) is 4.78. The fourth-order valence-corrected chi connectivity index (χ4v) is 1.78. The SMILES string of the molecule is CCOC(=O)C1(NC(C)CC)CCC1. The molecule has 0 saturated heterocycles. The van der Waals surface area contributed by atoms with Crippen molar-refractivity contribution in [3.63, 3.8) is 0 Å². The Balaban J connectivity index is 2.52. The fraction of sp³-hybridized carbons (Fsp3) is 0.909. The van der Waals surface area contributed by atoms with Gasteiger partial charge in [-0.1, -0.05) is 6.92 Å². The van der Waals surface area contributed by atoms with Crippen molar-refractivity contribution >= 4 is 5.97 Å². The van der Waals surface area contributed by atoms with Crippen molar-refractivity contribution in [2.75, 3.05) is 6.61 Å². The van der Waals surface area contributed by atoms with E-state index in [1.807, 2.05) is 6.92 Å². The molecular weight excluding hydrogens is 178 g/mol. The van der Waals surface area contributed by atoms with Gasteiger partial charge in [0.25, 0.3) is 0 Å². The number of nitrogens with one attached hydrogen (secondary N) is 1. The Morgan fingerprint density at radius 3 is 2.50 bits per heavy atom. The zero-order valence-electron chi connectivity index (χ0n) is 9.43. The molecule has 1 fully saturated rings. The molecule has 0 aromatic rings. The number of hydrogen-bond donors (Lipinski definition) is 1. The Bertz CT molecular complexity index is 199. The van der Waals surface area contributed by atoms with Gasteiger partial charge in [0, 0.05) is 6.04 Å². The Morgan fingerprint density at radius 1 is 1.50 bits per heavy atom. The smallest absolute Gasteiger partial charge is 0.326 e. The zero-order chi connectivity index (χ0) is 10.6. The molecule has 0 spiro atoms. The molecule has 0 aliphatic heterocycles. The molecule has 82 valence electrons. The van der Waals surface area contributed by atoms with Crippen LogP contribution in [0.25, 0.3) is 0 Å². The summed E-state index contributed by atoms with van der Waals surface area (Å²) in [6.45, 7) is 6.56. The molecule has 0 amide bonds. The van der Waals surface area contributed by atoms with Crippen molar-refractivity contribution in [3.05, 3.63) is 0 Å². The number of rotatable bonds is 5. The van der Waals surface area contributed by atoms with Gasteiger partial charge in [0.05, 0.1) is 6.61 Å². The molecule has 14 heavy (non-hydrogen) atoms. The van der Waals surface area contributed by atoms with Gasteiger partial charge in [0.2, 0.25) is 0 Å². The van der Waals surface area contributed by atoms with Gasteiger partial charge in [-0.15, -0.1) is 0 Å². The minimum Gasteiger partial charge on any atom is -0.465 e. The lowest BCUT2D eigenvalue weighted by Gasteiger charge is -2.41. The van der Waals surface area contributed by atoms with Crippen LogP contribution in [0.15, 0.2) is 0 Å².